The third-order valence-corrected chi connectivity index (χ3v) is 3.86. The van der Waals surface area contributed by atoms with Crippen LogP contribution >= 0.6 is 12.4 Å². The van der Waals surface area contributed by atoms with Gasteiger partial charge in [-0.15, -0.1) is 12.4 Å². The standard InChI is InChI=1S/C16H19N3O2.ClH/c1-11(17-2)16(20)19-9-8-14-13(10-19)18-15(21-14)12-6-4-3-5-7-12;/h3-7,11,17H,8-10H2,1-2H3;1H/t11-;/m0./s1. The Hall–Kier alpha value is -1.85. The van der Waals surface area contributed by atoms with Crippen LogP contribution in [0.3, 0.4) is 0 Å². The van der Waals surface area contributed by atoms with Crippen LogP contribution in [0.25, 0.3) is 11.5 Å². The highest BCUT2D eigenvalue weighted by molar-refractivity contribution is 5.85. The van der Waals surface area contributed by atoms with Crippen LogP contribution in [-0.4, -0.2) is 35.4 Å². The number of halogens is 1. The number of oxazole rings is 1. The van der Waals surface area contributed by atoms with Gasteiger partial charge in [0, 0.05) is 18.5 Å². The Morgan fingerprint density at radius 1 is 1.36 bits per heavy atom. The molecule has 1 N–H and O–H groups in total. The molecule has 0 saturated heterocycles. The first kappa shape index (κ1) is 16.5. The third kappa shape index (κ3) is 3.15. The van der Waals surface area contributed by atoms with Crippen molar-refractivity contribution in [2.75, 3.05) is 13.6 Å². The topological polar surface area (TPSA) is 58.4 Å². The van der Waals surface area contributed by atoms with Crippen molar-refractivity contribution in [3.8, 4) is 11.5 Å². The molecular formula is C16H20ClN3O2. The number of benzene rings is 1. The lowest BCUT2D eigenvalue weighted by Crippen LogP contribution is -2.45. The summed E-state index contributed by atoms with van der Waals surface area (Å²) in [6, 6.07) is 9.66. The Bertz CT molecular complexity index is 642. The number of aromatic nitrogens is 1. The van der Waals surface area contributed by atoms with E-state index in [1.54, 1.807) is 7.05 Å². The van der Waals surface area contributed by atoms with Crippen LogP contribution in [0.1, 0.15) is 18.4 Å². The van der Waals surface area contributed by atoms with Gasteiger partial charge in [0.2, 0.25) is 11.8 Å². The van der Waals surface area contributed by atoms with Crippen molar-refractivity contribution in [1.29, 1.82) is 0 Å². The van der Waals surface area contributed by atoms with Gasteiger partial charge >= 0.3 is 0 Å². The summed E-state index contributed by atoms with van der Waals surface area (Å²) in [4.78, 5) is 18.6. The number of nitrogens with zero attached hydrogens (tertiary/aromatic N) is 2. The van der Waals surface area contributed by atoms with E-state index in [1.165, 1.54) is 0 Å². The van der Waals surface area contributed by atoms with Gasteiger partial charge in [-0.05, 0) is 26.1 Å². The van der Waals surface area contributed by atoms with Crippen molar-refractivity contribution in [3.63, 3.8) is 0 Å². The van der Waals surface area contributed by atoms with E-state index in [4.69, 9.17) is 4.42 Å². The average Bonchev–Trinajstić information content (AvgIpc) is 2.97. The van der Waals surface area contributed by atoms with Crippen LogP contribution in [0.15, 0.2) is 34.7 Å². The number of carbonyl (C=O) groups excluding carboxylic acids is 1. The summed E-state index contributed by atoms with van der Waals surface area (Å²) < 4.78 is 5.84. The van der Waals surface area contributed by atoms with E-state index >= 15 is 0 Å². The molecule has 1 aliphatic heterocycles. The molecule has 1 aromatic heterocycles. The summed E-state index contributed by atoms with van der Waals surface area (Å²) in [5, 5.41) is 2.98. The molecule has 5 nitrogen and oxygen atoms in total. The average molecular weight is 322 g/mol. The van der Waals surface area contributed by atoms with Gasteiger partial charge in [0.15, 0.2) is 0 Å². The van der Waals surface area contributed by atoms with Gasteiger partial charge in [-0.2, -0.15) is 0 Å². The molecule has 0 saturated carbocycles. The van der Waals surface area contributed by atoms with Gasteiger partial charge in [0.05, 0.1) is 12.6 Å². The quantitative estimate of drug-likeness (QED) is 0.942. The van der Waals surface area contributed by atoms with E-state index in [0.717, 1.165) is 23.4 Å². The zero-order valence-corrected chi connectivity index (χ0v) is 13.5. The van der Waals surface area contributed by atoms with Crippen molar-refractivity contribution >= 4 is 18.3 Å². The van der Waals surface area contributed by atoms with Crippen LogP contribution in [-0.2, 0) is 17.8 Å². The molecule has 2 aromatic rings. The maximum atomic E-state index is 12.2. The normalized spacial score (nSPS) is 14.9. The highest BCUT2D eigenvalue weighted by Crippen LogP contribution is 2.26. The molecule has 3 rings (SSSR count). The Morgan fingerprint density at radius 3 is 2.77 bits per heavy atom. The number of likely N-dealkylation sites (N-methyl/N-ethyl adjacent to an activating group) is 1. The predicted octanol–water partition coefficient (Wildman–Crippen LogP) is 2.26. The fourth-order valence-electron chi connectivity index (χ4n) is 2.49. The molecule has 2 heterocycles. The molecule has 0 spiro atoms. The maximum Gasteiger partial charge on any atom is 0.239 e. The van der Waals surface area contributed by atoms with E-state index in [1.807, 2.05) is 42.2 Å². The largest absolute Gasteiger partial charge is 0.441 e. The van der Waals surface area contributed by atoms with Gasteiger partial charge < -0.3 is 14.6 Å². The first-order valence-corrected chi connectivity index (χ1v) is 7.19. The predicted molar refractivity (Wildman–Crippen MR) is 86.8 cm³/mol. The molecule has 22 heavy (non-hydrogen) atoms. The second-order valence-corrected chi connectivity index (χ2v) is 5.28. The highest BCUT2D eigenvalue weighted by atomic mass is 35.5. The van der Waals surface area contributed by atoms with Crippen molar-refractivity contribution in [2.45, 2.75) is 25.9 Å². The maximum absolute atomic E-state index is 12.2. The minimum atomic E-state index is -0.174. The molecule has 1 atom stereocenters. The summed E-state index contributed by atoms with van der Waals surface area (Å²) in [6.07, 6.45) is 0.720. The van der Waals surface area contributed by atoms with Gasteiger partial charge in [0.25, 0.3) is 0 Å². The smallest absolute Gasteiger partial charge is 0.239 e. The van der Waals surface area contributed by atoms with Gasteiger partial charge in [-0.3, -0.25) is 4.79 Å². The Morgan fingerprint density at radius 2 is 2.09 bits per heavy atom. The van der Waals surface area contributed by atoms with Crippen molar-refractivity contribution in [1.82, 2.24) is 15.2 Å². The zero-order valence-electron chi connectivity index (χ0n) is 12.7. The van der Waals surface area contributed by atoms with Gasteiger partial charge in [0.1, 0.15) is 11.5 Å². The summed E-state index contributed by atoms with van der Waals surface area (Å²) in [5.41, 5.74) is 1.84. The van der Waals surface area contributed by atoms with E-state index in [9.17, 15) is 4.79 Å². The number of carbonyl (C=O) groups is 1. The first-order valence-electron chi connectivity index (χ1n) is 7.19. The van der Waals surface area contributed by atoms with Crippen molar-refractivity contribution in [3.05, 3.63) is 41.8 Å². The molecule has 0 radical (unpaired) electrons. The second kappa shape index (κ2) is 6.94. The minimum absolute atomic E-state index is 0. The van der Waals surface area contributed by atoms with Crippen LogP contribution in [0.2, 0.25) is 0 Å². The van der Waals surface area contributed by atoms with E-state index in [0.29, 0.717) is 19.0 Å². The molecule has 6 heteroatoms. The van der Waals surface area contributed by atoms with Crippen molar-refractivity contribution in [2.24, 2.45) is 0 Å². The van der Waals surface area contributed by atoms with E-state index < -0.39 is 0 Å². The van der Waals surface area contributed by atoms with Crippen LogP contribution < -0.4 is 5.32 Å². The number of nitrogens with one attached hydrogen (secondary N) is 1. The Labute approximate surface area is 136 Å². The zero-order chi connectivity index (χ0) is 14.8. The molecule has 1 aliphatic rings. The van der Waals surface area contributed by atoms with Crippen molar-refractivity contribution < 1.29 is 9.21 Å². The Kier molecular flexibility index (Phi) is 5.21. The number of rotatable bonds is 3. The van der Waals surface area contributed by atoms with Crippen LogP contribution in [0, 0.1) is 0 Å². The molecule has 0 bridgehead atoms. The van der Waals surface area contributed by atoms with Gasteiger partial charge in [-0.25, -0.2) is 4.98 Å². The number of amides is 1. The monoisotopic (exact) mass is 321 g/mol. The van der Waals surface area contributed by atoms with Crippen LogP contribution in [0.4, 0.5) is 0 Å². The highest BCUT2D eigenvalue weighted by Gasteiger charge is 2.27. The van der Waals surface area contributed by atoms with Crippen LogP contribution in [0.5, 0.6) is 0 Å². The molecule has 1 amide bonds. The second-order valence-electron chi connectivity index (χ2n) is 5.28. The molecule has 0 aliphatic carbocycles. The SMILES string of the molecule is CN[C@@H](C)C(=O)N1CCc2oc(-c3ccccc3)nc2C1.Cl. The fourth-order valence-corrected chi connectivity index (χ4v) is 2.49. The summed E-state index contributed by atoms with van der Waals surface area (Å²) in [5.74, 6) is 1.64. The molecule has 0 unspecified atom stereocenters. The summed E-state index contributed by atoms with van der Waals surface area (Å²) >= 11 is 0. The van der Waals surface area contributed by atoms with E-state index in [2.05, 4.69) is 10.3 Å². The molecule has 0 fully saturated rings. The lowest BCUT2D eigenvalue weighted by atomic mass is 10.1. The molecular weight excluding hydrogens is 302 g/mol. The number of hydrogen-bond donors (Lipinski definition) is 1. The Balaban J connectivity index is 0.00000176. The van der Waals surface area contributed by atoms with Gasteiger partial charge in [-0.1, -0.05) is 18.2 Å². The van der Waals surface area contributed by atoms with E-state index in [-0.39, 0.29) is 24.4 Å². The lowest BCUT2D eigenvalue weighted by Gasteiger charge is -2.27. The third-order valence-electron chi connectivity index (χ3n) is 3.86. The number of hydrogen-bond acceptors (Lipinski definition) is 4. The summed E-state index contributed by atoms with van der Waals surface area (Å²) in [7, 11) is 1.79. The first-order chi connectivity index (χ1) is 10.2. The minimum Gasteiger partial charge on any atom is -0.441 e. The number of fused-ring (bicyclic) bond motifs is 1. The molecule has 118 valence electrons. The lowest BCUT2D eigenvalue weighted by molar-refractivity contribution is -0.133. The summed E-state index contributed by atoms with van der Waals surface area (Å²) in [6.45, 7) is 3.08. The molecule has 1 aromatic carbocycles. The fraction of sp³-hybridized carbons (Fsp3) is 0.375.